The van der Waals surface area contributed by atoms with E-state index in [4.69, 9.17) is 0 Å². The van der Waals surface area contributed by atoms with E-state index in [9.17, 15) is 4.79 Å². The Morgan fingerprint density at radius 1 is 1.89 bits per heavy atom. The van der Waals surface area contributed by atoms with E-state index in [2.05, 4.69) is 27.3 Å². The maximum absolute atomic E-state index is 10.7. The Bertz CT molecular complexity index is 124. The van der Waals surface area contributed by atoms with Crippen LogP contribution >= 0.6 is 22.6 Å². The van der Waals surface area contributed by atoms with Gasteiger partial charge in [0.25, 0.3) is 0 Å². The molecule has 0 heterocycles. The van der Waals surface area contributed by atoms with E-state index in [0.29, 0.717) is 5.92 Å². The van der Waals surface area contributed by atoms with E-state index >= 15 is 0 Å². The molecule has 0 saturated heterocycles. The fourth-order valence-corrected chi connectivity index (χ4v) is 1.83. The third-order valence-electron chi connectivity index (χ3n) is 1.62. The number of hydrogen-bond donors (Lipinski definition) is 0. The summed E-state index contributed by atoms with van der Waals surface area (Å²) in [6, 6.07) is 0. The zero-order valence-corrected chi connectivity index (χ0v) is 7.42. The maximum Gasteiger partial charge on any atom is 0.308 e. The van der Waals surface area contributed by atoms with Gasteiger partial charge in [-0.1, -0.05) is 22.6 Å². The number of methoxy groups -OCH3 is 1. The number of alkyl halides is 1. The normalized spacial score (nSPS) is 31.8. The van der Waals surface area contributed by atoms with Crippen LogP contribution in [0, 0.1) is 11.8 Å². The molecule has 52 valence electrons. The lowest BCUT2D eigenvalue weighted by Gasteiger charge is -1.93. The van der Waals surface area contributed by atoms with E-state index < -0.39 is 0 Å². The monoisotopic (exact) mass is 240 g/mol. The lowest BCUT2D eigenvalue weighted by molar-refractivity contribution is -0.142. The molecule has 1 fully saturated rings. The molecule has 1 rings (SSSR count). The Hall–Kier alpha value is 0.200. The van der Waals surface area contributed by atoms with Crippen LogP contribution in [0.3, 0.4) is 0 Å². The van der Waals surface area contributed by atoms with Gasteiger partial charge in [-0.05, 0) is 12.3 Å². The summed E-state index contributed by atoms with van der Waals surface area (Å²) in [6.07, 6.45) is 1.04. The Morgan fingerprint density at radius 2 is 2.56 bits per heavy atom. The molecule has 2 atom stereocenters. The van der Waals surface area contributed by atoms with Gasteiger partial charge in [0.2, 0.25) is 0 Å². The molecule has 0 aromatic rings. The number of carbonyl (C=O) groups excluding carboxylic acids is 1. The topological polar surface area (TPSA) is 26.3 Å². The molecule has 0 aliphatic heterocycles. The average molecular weight is 240 g/mol. The lowest BCUT2D eigenvalue weighted by atomic mass is 10.3. The fraction of sp³-hybridized carbons (Fsp3) is 0.833. The molecule has 0 unspecified atom stereocenters. The smallest absolute Gasteiger partial charge is 0.308 e. The minimum atomic E-state index is -0.0309. The number of carbonyl (C=O) groups is 1. The van der Waals surface area contributed by atoms with E-state index in [0.717, 1.165) is 10.8 Å². The first kappa shape index (κ1) is 7.31. The number of hydrogen-bond acceptors (Lipinski definition) is 2. The second-order valence-electron chi connectivity index (χ2n) is 2.28. The quantitative estimate of drug-likeness (QED) is 0.412. The third kappa shape index (κ3) is 1.56. The second kappa shape index (κ2) is 2.86. The highest BCUT2D eigenvalue weighted by atomic mass is 127. The standard InChI is InChI=1S/C6H9IO2/c1-9-6(8)5-2-4(5)3-7/h4-5H,2-3H2,1H3/t4-,5-/m0/s1. The molecule has 1 aliphatic carbocycles. The van der Waals surface area contributed by atoms with Crippen molar-refractivity contribution < 1.29 is 9.53 Å². The Balaban J connectivity index is 2.25. The van der Waals surface area contributed by atoms with Crippen LogP contribution in [-0.4, -0.2) is 17.5 Å². The molecule has 0 aromatic carbocycles. The highest BCUT2D eigenvalue weighted by molar-refractivity contribution is 14.1. The first-order valence-electron chi connectivity index (χ1n) is 2.93. The van der Waals surface area contributed by atoms with Crippen LogP contribution in [0.5, 0.6) is 0 Å². The van der Waals surface area contributed by atoms with Crippen LogP contribution in [0.25, 0.3) is 0 Å². The minimum Gasteiger partial charge on any atom is -0.469 e. The molecule has 0 radical (unpaired) electrons. The largest absolute Gasteiger partial charge is 0.469 e. The van der Waals surface area contributed by atoms with Gasteiger partial charge in [-0.25, -0.2) is 0 Å². The summed E-state index contributed by atoms with van der Waals surface area (Å²) in [6.45, 7) is 0. The molecule has 0 bridgehead atoms. The van der Waals surface area contributed by atoms with E-state index in [-0.39, 0.29) is 11.9 Å². The van der Waals surface area contributed by atoms with Crippen molar-refractivity contribution >= 4 is 28.6 Å². The van der Waals surface area contributed by atoms with Crippen LogP contribution < -0.4 is 0 Å². The minimum absolute atomic E-state index is 0.0309. The maximum atomic E-state index is 10.7. The molecule has 1 aliphatic rings. The van der Waals surface area contributed by atoms with Crippen molar-refractivity contribution in [3.05, 3.63) is 0 Å². The van der Waals surface area contributed by atoms with Crippen LogP contribution in [0.15, 0.2) is 0 Å². The van der Waals surface area contributed by atoms with Gasteiger partial charge in [0.15, 0.2) is 0 Å². The van der Waals surface area contributed by atoms with Crippen LogP contribution in [0.1, 0.15) is 6.42 Å². The van der Waals surface area contributed by atoms with Gasteiger partial charge >= 0.3 is 5.97 Å². The van der Waals surface area contributed by atoms with Gasteiger partial charge in [-0.3, -0.25) is 4.79 Å². The molecule has 0 spiro atoms. The molecular formula is C6H9IO2. The summed E-state index contributed by atoms with van der Waals surface area (Å²) in [4.78, 5) is 10.7. The highest BCUT2D eigenvalue weighted by Gasteiger charge is 2.42. The predicted octanol–water partition coefficient (Wildman–Crippen LogP) is 1.23. The first-order chi connectivity index (χ1) is 4.29. The molecule has 0 amide bonds. The Labute approximate surface area is 68.1 Å². The first-order valence-corrected chi connectivity index (χ1v) is 4.46. The van der Waals surface area contributed by atoms with Gasteiger partial charge < -0.3 is 4.74 Å². The predicted molar refractivity (Wildman–Crippen MR) is 42.5 cm³/mol. The molecular weight excluding hydrogens is 231 g/mol. The van der Waals surface area contributed by atoms with Gasteiger partial charge in [-0.2, -0.15) is 0 Å². The van der Waals surface area contributed by atoms with Crippen LogP contribution in [-0.2, 0) is 9.53 Å². The van der Waals surface area contributed by atoms with Crippen molar-refractivity contribution in [1.29, 1.82) is 0 Å². The van der Waals surface area contributed by atoms with Crippen molar-refractivity contribution in [3.63, 3.8) is 0 Å². The Kier molecular flexibility index (Phi) is 2.32. The number of halogens is 1. The van der Waals surface area contributed by atoms with Crippen molar-refractivity contribution in [2.45, 2.75) is 6.42 Å². The Morgan fingerprint density at radius 3 is 2.89 bits per heavy atom. The molecule has 1 saturated carbocycles. The van der Waals surface area contributed by atoms with Gasteiger partial charge in [0.1, 0.15) is 0 Å². The zero-order chi connectivity index (χ0) is 6.85. The van der Waals surface area contributed by atoms with Crippen molar-refractivity contribution in [2.24, 2.45) is 11.8 Å². The second-order valence-corrected chi connectivity index (χ2v) is 3.16. The summed E-state index contributed by atoms with van der Waals surface area (Å²) in [5.74, 6) is 0.807. The van der Waals surface area contributed by atoms with E-state index in [1.807, 2.05) is 0 Å². The van der Waals surface area contributed by atoms with Crippen molar-refractivity contribution in [3.8, 4) is 0 Å². The highest BCUT2D eigenvalue weighted by Crippen LogP contribution is 2.40. The number of rotatable bonds is 2. The fourth-order valence-electron chi connectivity index (χ4n) is 0.858. The van der Waals surface area contributed by atoms with Crippen molar-refractivity contribution in [2.75, 3.05) is 11.5 Å². The van der Waals surface area contributed by atoms with Gasteiger partial charge in [0, 0.05) is 4.43 Å². The SMILES string of the molecule is COC(=O)[C@H]1C[C@H]1CI. The molecule has 0 aromatic heterocycles. The summed E-state index contributed by atoms with van der Waals surface area (Å²) >= 11 is 2.30. The van der Waals surface area contributed by atoms with E-state index in [1.54, 1.807) is 0 Å². The molecule has 2 nitrogen and oxygen atoms in total. The van der Waals surface area contributed by atoms with Crippen LogP contribution in [0.2, 0.25) is 0 Å². The summed E-state index contributed by atoms with van der Waals surface area (Å²) in [5.41, 5.74) is 0. The summed E-state index contributed by atoms with van der Waals surface area (Å²) < 4.78 is 5.64. The number of ether oxygens (including phenoxy) is 1. The van der Waals surface area contributed by atoms with Crippen LogP contribution in [0.4, 0.5) is 0 Å². The van der Waals surface area contributed by atoms with E-state index in [1.165, 1.54) is 7.11 Å². The van der Waals surface area contributed by atoms with Gasteiger partial charge in [-0.15, -0.1) is 0 Å². The lowest BCUT2D eigenvalue weighted by Crippen LogP contribution is -2.04. The molecule has 3 heteroatoms. The molecule has 0 N–H and O–H groups in total. The summed E-state index contributed by atoms with van der Waals surface area (Å²) in [7, 11) is 1.45. The van der Waals surface area contributed by atoms with Gasteiger partial charge in [0.05, 0.1) is 13.0 Å². The van der Waals surface area contributed by atoms with Crippen molar-refractivity contribution in [1.82, 2.24) is 0 Å². The average Bonchev–Trinajstić information content (AvgIpc) is 2.64. The molecule has 9 heavy (non-hydrogen) atoms. The summed E-state index contributed by atoms with van der Waals surface area (Å²) in [5, 5.41) is 0. The third-order valence-corrected chi connectivity index (χ3v) is 2.76. The zero-order valence-electron chi connectivity index (χ0n) is 5.26. The number of esters is 1.